The zero-order valence-corrected chi connectivity index (χ0v) is 8.51. The first-order chi connectivity index (χ1) is 7.06. The van der Waals surface area contributed by atoms with Crippen LogP contribution in [0.15, 0.2) is 43.3 Å². The second-order valence-electron chi connectivity index (χ2n) is 3.04. The summed E-state index contributed by atoms with van der Waals surface area (Å²) in [5.74, 6) is 0. The highest BCUT2D eigenvalue weighted by atomic mass is 16.6. The van der Waals surface area contributed by atoms with Crippen molar-refractivity contribution in [3.63, 3.8) is 0 Å². The molecular formula is C11H12N2O2. The summed E-state index contributed by atoms with van der Waals surface area (Å²) in [4.78, 5) is 9.98. The summed E-state index contributed by atoms with van der Waals surface area (Å²) in [7, 11) is 0. The fourth-order valence-electron chi connectivity index (χ4n) is 1.19. The smallest absolute Gasteiger partial charge is 0.245 e. The van der Waals surface area contributed by atoms with E-state index in [0.717, 1.165) is 5.69 Å². The number of hydrogen-bond acceptors (Lipinski definition) is 2. The third-order valence-corrected chi connectivity index (χ3v) is 1.96. The Balaban J connectivity index is 3.01. The molecule has 0 radical (unpaired) electrons. The Hall–Kier alpha value is -2.10. The van der Waals surface area contributed by atoms with Crippen LogP contribution >= 0.6 is 0 Å². The van der Waals surface area contributed by atoms with Crippen molar-refractivity contribution in [2.24, 2.45) is 0 Å². The maximum atomic E-state index is 10.4. The summed E-state index contributed by atoms with van der Waals surface area (Å²) in [6.45, 7) is 8.84. The minimum atomic E-state index is -0.442. The highest BCUT2D eigenvalue weighted by Crippen LogP contribution is 2.13. The summed E-state index contributed by atoms with van der Waals surface area (Å²) in [6, 6.07) is 3.69. The van der Waals surface area contributed by atoms with Crippen molar-refractivity contribution in [1.82, 2.24) is 4.57 Å². The van der Waals surface area contributed by atoms with Crippen LogP contribution in [0, 0.1) is 10.1 Å². The quantitative estimate of drug-likeness (QED) is 0.430. The Bertz CT molecular complexity index is 441. The topological polar surface area (TPSA) is 48.1 Å². The van der Waals surface area contributed by atoms with Crippen molar-refractivity contribution < 1.29 is 4.92 Å². The Morgan fingerprint density at radius 1 is 1.67 bits per heavy atom. The summed E-state index contributed by atoms with van der Waals surface area (Å²) < 4.78 is 1.74. The van der Waals surface area contributed by atoms with Crippen molar-refractivity contribution in [1.29, 1.82) is 0 Å². The Labute approximate surface area is 88.0 Å². The first kappa shape index (κ1) is 11.0. The molecular weight excluding hydrogens is 192 g/mol. The van der Waals surface area contributed by atoms with Gasteiger partial charge in [-0.1, -0.05) is 13.2 Å². The highest BCUT2D eigenvalue weighted by molar-refractivity contribution is 5.60. The molecule has 0 amide bonds. The predicted molar refractivity (Wildman–Crippen MR) is 60.6 cm³/mol. The molecule has 0 fully saturated rings. The molecule has 4 nitrogen and oxygen atoms in total. The molecule has 0 aliphatic heterocycles. The van der Waals surface area contributed by atoms with Gasteiger partial charge in [-0.15, -0.1) is 0 Å². The van der Waals surface area contributed by atoms with Crippen LogP contribution in [0.2, 0.25) is 0 Å². The van der Waals surface area contributed by atoms with E-state index in [-0.39, 0.29) is 5.70 Å². The van der Waals surface area contributed by atoms with Crippen LogP contribution in [0.25, 0.3) is 11.8 Å². The van der Waals surface area contributed by atoms with Crippen LogP contribution in [0.4, 0.5) is 0 Å². The van der Waals surface area contributed by atoms with Gasteiger partial charge in [-0.05, 0) is 18.2 Å². The largest absolute Gasteiger partial charge is 0.318 e. The van der Waals surface area contributed by atoms with Gasteiger partial charge in [0.25, 0.3) is 0 Å². The summed E-state index contributed by atoms with van der Waals surface area (Å²) in [6.07, 6.45) is 4.87. The highest BCUT2D eigenvalue weighted by Gasteiger charge is 2.05. The van der Waals surface area contributed by atoms with Gasteiger partial charge in [-0.3, -0.25) is 10.1 Å². The molecule has 0 atom stereocenters. The van der Waals surface area contributed by atoms with Gasteiger partial charge in [0.2, 0.25) is 5.70 Å². The molecule has 78 valence electrons. The monoisotopic (exact) mass is 204 g/mol. The maximum Gasteiger partial charge on any atom is 0.245 e. The van der Waals surface area contributed by atoms with Gasteiger partial charge in [0.1, 0.15) is 0 Å². The second kappa shape index (κ2) is 4.41. The fraction of sp³-hybridized carbons (Fsp3) is 0.0909. The number of allylic oxidation sites excluding steroid dienone is 3. The Kier molecular flexibility index (Phi) is 3.23. The molecule has 1 heterocycles. The molecule has 1 aromatic rings. The van der Waals surface area contributed by atoms with E-state index in [0.29, 0.717) is 5.70 Å². The van der Waals surface area contributed by atoms with E-state index < -0.39 is 4.92 Å². The van der Waals surface area contributed by atoms with E-state index in [1.54, 1.807) is 16.8 Å². The van der Waals surface area contributed by atoms with Gasteiger partial charge < -0.3 is 4.57 Å². The molecule has 0 saturated carbocycles. The fourth-order valence-corrected chi connectivity index (χ4v) is 1.19. The van der Waals surface area contributed by atoms with Crippen LogP contribution < -0.4 is 0 Å². The van der Waals surface area contributed by atoms with E-state index >= 15 is 0 Å². The molecule has 0 bridgehead atoms. The standard InChI is InChI=1S/C11H12N2O2/c1-4-11-6-5-7-12(11)9(2)8-10(3)13(14)15/h4-8H,1-2H2,3H3/b10-8+. The minimum absolute atomic E-state index is 0.0590. The van der Waals surface area contributed by atoms with Crippen molar-refractivity contribution in [3.05, 3.63) is 59.1 Å². The zero-order valence-electron chi connectivity index (χ0n) is 8.51. The normalized spacial score (nSPS) is 11.1. The van der Waals surface area contributed by atoms with Crippen LogP contribution in [-0.2, 0) is 0 Å². The molecule has 0 N–H and O–H groups in total. The molecule has 0 aliphatic carbocycles. The average molecular weight is 204 g/mol. The second-order valence-corrected chi connectivity index (χ2v) is 3.04. The van der Waals surface area contributed by atoms with Crippen LogP contribution in [0.1, 0.15) is 12.6 Å². The molecule has 0 unspecified atom stereocenters. The first-order valence-corrected chi connectivity index (χ1v) is 4.38. The summed E-state index contributed by atoms with van der Waals surface area (Å²) in [5.41, 5.74) is 1.46. The van der Waals surface area contributed by atoms with Gasteiger partial charge in [-0.2, -0.15) is 0 Å². The lowest BCUT2D eigenvalue weighted by Crippen LogP contribution is -1.98. The molecule has 1 rings (SSSR count). The molecule has 0 aromatic carbocycles. The summed E-state index contributed by atoms with van der Waals surface area (Å²) in [5, 5.41) is 10.4. The molecule has 0 spiro atoms. The van der Waals surface area contributed by atoms with Crippen LogP contribution in [-0.4, -0.2) is 9.49 Å². The zero-order chi connectivity index (χ0) is 11.4. The van der Waals surface area contributed by atoms with E-state index in [1.165, 1.54) is 13.0 Å². The maximum absolute atomic E-state index is 10.4. The molecule has 15 heavy (non-hydrogen) atoms. The van der Waals surface area contributed by atoms with Crippen molar-refractivity contribution >= 4 is 11.8 Å². The van der Waals surface area contributed by atoms with Crippen LogP contribution in [0.5, 0.6) is 0 Å². The van der Waals surface area contributed by atoms with E-state index in [2.05, 4.69) is 13.2 Å². The molecule has 0 saturated heterocycles. The lowest BCUT2D eigenvalue weighted by Gasteiger charge is -2.04. The number of nitrogens with zero attached hydrogens (tertiary/aromatic N) is 2. The van der Waals surface area contributed by atoms with Gasteiger partial charge in [0, 0.05) is 30.6 Å². The minimum Gasteiger partial charge on any atom is -0.318 e. The van der Waals surface area contributed by atoms with Crippen molar-refractivity contribution in [2.45, 2.75) is 6.92 Å². The molecule has 4 heteroatoms. The number of aromatic nitrogens is 1. The SMILES string of the molecule is C=Cc1cccn1C(=C)/C=C(\C)[N+](=O)[O-]. The van der Waals surface area contributed by atoms with E-state index in [1.807, 2.05) is 12.1 Å². The third kappa shape index (κ3) is 2.43. The Morgan fingerprint density at radius 2 is 2.33 bits per heavy atom. The van der Waals surface area contributed by atoms with Gasteiger partial charge in [0.15, 0.2) is 0 Å². The van der Waals surface area contributed by atoms with Crippen molar-refractivity contribution in [3.8, 4) is 0 Å². The van der Waals surface area contributed by atoms with Crippen LogP contribution in [0.3, 0.4) is 0 Å². The lowest BCUT2D eigenvalue weighted by atomic mass is 10.3. The third-order valence-electron chi connectivity index (χ3n) is 1.96. The number of hydrogen-bond donors (Lipinski definition) is 0. The van der Waals surface area contributed by atoms with E-state index in [9.17, 15) is 10.1 Å². The number of rotatable bonds is 4. The summed E-state index contributed by atoms with van der Waals surface area (Å²) >= 11 is 0. The average Bonchev–Trinajstić information content (AvgIpc) is 2.64. The lowest BCUT2D eigenvalue weighted by molar-refractivity contribution is -0.424. The number of nitro groups is 1. The van der Waals surface area contributed by atoms with Gasteiger partial charge >= 0.3 is 0 Å². The van der Waals surface area contributed by atoms with Gasteiger partial charge in [-0.25, -0.2) is 0 Å². The van der Waals surface area contributed by atoms with Gasteiger partial charge in [0.05, 0.1) is 4.92 Å². The van der Waals surface area contributed by atoms with E-state index in [4.69, 9.17) is 0 Å². The Morgan fingerprint density at radius 3 is 2.87 bits per heavy atom. The molecule has 1 aromatic heterocycles. The predicted octanol–water partition coefficient (Wildman–Crippen LogP) is 2.78. The van der Waals surface area contributed by atoms with Crippen molar-refractivity contribution in [2.75, 3.05) is 0 Å². The first-order valence-electron chi connectivity index (χ1n) is 4.38. The molecule has 0 aliphatic rings.